The zero-order valence-electron chi connectivity index (χ0n) is 9.51. The maximum Gasteiger partial charge on any atom is 0.277 e. The van der Waals surface area contributed by atoms with Crippen LogP contribution in [0.4, 0.5) is 5.13 Å². The smallest absolute Gasteiger partial charge is 0.277 e. The number of anilines is 1. The molecule has 1 amide bonds. The molecule has 0 fully saturated rings. The summed E-state index contributed by atoms with van der Waals surface area (Å²) >= 11 is 1.17. The fourth-order valence-electron chi connectivity index (χ4n) is 1.15. The van der Waals surface area contributed by atoms with Crippen molar-refractivity contribution in [2.24, 2.45) is 0 Å². The predicted molar refractivity (Wildman–Crippen MR) is 68.9 cm³/mol. The van der Waals surface area contributed by atoms with Crippen LogP contribution in [0, 0.1) is 11.8 Å². The summed E-state index contributed by atoms with van der Waals surface area (Å²) in [6, 6.07) is 2.52. The number of thiazole rings is 1. The van der Waals surface area contributed by atoms with Gasteiger partial charge in [-0.2, -0.15) is 5.10 Å². The van der Waals surface area contributed by atoms with Crippen molar-refractivity contribution in [2.45, 2.75) is 0 Å². The number of aliphatic hydroxyl groups is 1. The first kappa shape index (κ1) is 12.9. The predicted octanol–water partition coefficient (Wildman–Crippen LogP) is -0.178. The summed E-state index contributed by atoms with van der Waals surface area (Å²) in [5.41, 5.74) is -0.301. The van der Waals surface area contributed by atoms with Gasteiger partial charge in [-0.05, 0) is 6.07 Å². The summed E-state index contributed by atoms with van der Waals surface area (Å²) < 4.78 is 0. The SMILES string of the molecule is O=C(Nc1ncc(C#CCO)s1)c1ccc(=O)[nH]n1. The Morgan fingerprint density at radius 3 is 3.05 bits per heavy atom. The van der Waals surface area contributed by atoms with Crippen LogP contribution in [0.5, 0.6) is 0 Å². The number of hydrogen-bond acceptors (Lipinski definition) is 6. The number of carbonyl (C=O) groups is 1. The Labute approximate surface area is 111 Å². The second-order valence-corrected chi connectivity index (χ2v) is 4.28. The van der Waals surface area contributed by atoms with Crippen molar-refractivity contribution in [3.8, 4) is 11.8 Å². The summed E-state index contributed by atoms with van der Waals surface area (Å²) in [7, 11) is 0. The van der Waals surface area contributed by atoms with Gasteiger partial charge in [-0.15, -0.1) is 0 Å². The molecular formula is C11H8N4O3S. The number of H-pyrrole nitrogens is 1. The Morgan fingerprint density at radius 2 is 2.37 bits per heavy atom. The van der Waals surface area contributed by atoms with Crippen LogP contribution in [0.1, 0.15) is 15.4 Å². The lowest BCUT2D eigenvalue weighted by atomic mass is 10.4. The third-order valence-electron chi connectivity index (χ3n) is 1.93. The Morgan fingerprint density at radius 1 is 1.53 bits per heavy atom. The Balaban J connectivity index is 2.08. The number of aromatic amines is 1. The van der Waals surface area contributed by atoms with E-state index < -0.39 is 5.91 Å². The molecule has 0 spiro atoms. The van der Waals surface area contributed by atoms with Gasteiger partial charge in [0, 0.05) is 6.07 Å². The minimum absolute atomic E-state index is 0.0813. The van der Waals surface area contributed by atoms with Crippen LogP contribution >= 0.6 is 11.3 Å². The molecule has 19 heavy (non-hydrogen) atoms. The molecule has 0 radical (unpaired) electrons. The van der Waals surface area contributed by atoms with E-state index in [1.807, 2.05) is 0 Å². The molecule has 0 unspecified atom stereocenters. The van der Waals surface area contributed by atoms with E-state index in [0.717, 1.165) is 0 Å². The lowest BCUT2D eigenvalue weighted by molar-refractivity contribution is 0.102. The molecule has 7 nitrogen and oxygen atoms in total. The van der Waals surface area contributed by atoms with Crippen LogP contribution in [0.3, 0.4) is 0 Å². The summed E-state index contributed by atoms with van der Waals surface area (Å²) in [5.74, 6) is 4.68. The molecule has 0 aliphatic carbocycles. The molecule has 3 N–H and O–H groups in total. The molecule has 2 aromatic heterocycles. The van der Waals surface area contributed by atoms with Gasteiger partial charge in [-0.3, -0.25) is 14.9 Å². The Bertz CT molecular complexity index is 690. The van der Waals surface area contributed by atoms with Crippen molar-refractivity contribution >= 4 is 22.4 Å². The van der Waals surface area contributed by atoms with Gasteiger partial charge in [0.05, 0.1) is 11.1 Å². The van der Waals surface area contributed by atoms with Crippen LogP contribution in [0.25, 0.3) is 0 Å². The summed E-state index contributed by atoms with van der Waals surface area (Å²) in [4.78, 5) is 27.1. The number of carbonyl (C=O) groups excluding carboxylic acids is 1. The topological polar surface area (TPSA) is 108 Å². The van der Waals surface area contributed by atoms with Gasteiger partial charge >= 0.3 is 0 Å². The van der Waals surface area contributed by atoms with Crippen LogP contribution < -0.4 is 10.9 Å². The third kappa shape index (κ3) is 3.48. The fourth-order valence-corrected chi connectivity index (χ4v) is 1.83. The molecule has 0 saturated carbocycles. The van der Waals surface area contributed by atoms with Crippen LogP contribution in [0.2, 0.25) is 0 Å². The minimum Gasteiger partial charge on any atom is -0.384 e. The monoisotopic (exact) mass is 276 g/mol. The highest BCUT2D eigenvalue weighted by atomic mass is 32.1. The van der Waals surface area contributed by atoms with E-state index in [1.165, 1.54) is 29.7 Å². The van der Waals surface area contributed by atoms with E-state index in [0.29, 0.717) is 10.0 Å². The first-order valence-electron chi connectivity index (χ1n) is 5.11. The molecule has 0 atom stereocenters. The lowest BCUT2D eigenvalue weighted by Gasteiger charge is -1.98. The Kier molecular flexibility index (Phi) is 4.02. The van der Waals surface area contributed by atoms with E-state index >= 15 is 0 Å². The Hall–Kier alpha value is -2.50. The number of rotatable bonds is 2. The molecule has 2 heterocycles. The average molecular weight is 276 g/mol. The van der Waals surface area contributed by atoms with Crippen molar-refractivity contribution in [2.75, 3.05) is 11.9 Å². The number of nitrogens with zero attached hydrogens (tertiary/aromatic N) is 2. The highest BCUT2D eigenvalue weighted by Crippen LogP contribution is 2.17. The van der Waals surface area contributed by atoms with E-state index in [1.54, 1.807) is 0 Å². The largest absolute Gasteiger partial charge is 0.384 e. The van der Waals surface area contributed by atoms with E-state index in [4.69, 9.17) is 5.11 Å². The van der Waals surface area contributed by atoms with Gasteiger partial charge in [0.2, 0.25) is 0 Å². The molecule has 0 aromatic carbocycles. The molecule has 2 rings (SSSR count). The average Bonchev–Trinajstić information content (AvgIpc) is 2.84. The summed E-state index contributed by atoms with van der Waals surface area (Å²) in [5, 5.41) is 17.2. The van der Waals surface area contributed by atoms with Crippen LogP contribution in [-0.4, -0.2) is 32.8 Å². The molecule has 0 aliphatic rings. The normalized spacial score (nSPS) is 9.53. The molecular weight excluding hydrogens is 268 g/mol. The van der Waals surface area contributed by atoms with Gasteiger partial charge in [0.15, 0.2) is 5.13 Å². The lowest BCUT2D eigenvalue weighted by Crippen LogP contribution is -2.17. The fraction of sp³-hybridized carbons (Fsp3) is 0.0909. The zero-order valence-corrected chi connectivity index (χ0v) is 10.3. The minimum atomic E-state index is -0.479. The molecule has 96 valence electrons. The summed E-state index contributed by atoms with van der Waals surface area (Å²) in [6.45, 7) is -0.235. The number of aliphatic hydroxyl groups excluding tert-OH is 1. The molecule has 8 heteroatoms. The van der Waals surface area contributed by atoms with E-state index in [2.05, 4.69) is 32.3 Å². The second-order valence-electron chi connectivity index (χ2n) is 3.25. The van der Waals surface area contributed by atoms with E-state index in [9.17, 15) is 9.59 Å². The van der Waals surface area contributed by atoms with Gasteiger partial charge in [0.1, 0.15) is 12.3 Å². The van der Waals surface area contributed by atoms with Gasteiger partial charge in [-0.1, -0.05) is 23.2 Å². The van der Waals surface area contributed by atoms with Crippen LogP contribution in [0.15, 0.2) is 23.1 Å². The van der Waals surface area contributed by atoms with Gasteiger partial charge in [0.25, 0.3) is 11.5 Å². The third-order valence-corrected chi connectivity index (χ3v) is 2.76. The number of nitrogens with one attached hydrogen (secondary N) is 2. The van der Waals surface area contributed by atoms with Gasteiger partial charge in [-0.25, -0.2) is 10.1 Å². The van der Waals surface area contributed by atoms with Crippen molar-refractivity contribution in [1.82, 2.24) is 15.2 Å². The number of aromatic nitrogens is 3. The maximum atomic E-state index is 11.7. The second kappa shape index (κ2) is 5.90. The number of amides is 1. The van der Waals surface area contributed by atoms with Gasteiger partial charge < -0.3 is 5.11 Å². The number of hydrogen-bond donors (Lipinski definition) is 3. The van der Waals surface area contributed by atoms with E-state index in [-0.39, 0.29) is 17.9 Å². The van der Waals surface area contributed by atoms with Crippen LogP contribution in [-0.2, 0) is 0 Å². The summed E-state index contributed by atoms with van der Waals surface area (Å²) in [6.07, 6.45) is 1.49. The standard InChI is InChI=1S/C11H8N4O3S/c16-5-1-2-7-6-12-11(19-7)13-10(18)8-3-4-9(17)15-14-8/h3-4,6,16H,5H2,(H,15,17)(H,12,13,18). The van der Waals surface area contributed by atoms with Crippen molar-refractivity contribution in [3.63, 3.8) is 0 Å². The molecule has 0 aliphatic heterocycles. The molecule has 0 saturated heterocycles. The van der Waals surface area contributed by atoms with Crippen molar-refractivity contribution in [1.29, 1.82) is 0 Å². The first-order chi connectivity index (χ1) is 9.19. The highest BCUT2D eigenvalue weighted by Gasteiger charge is 2.09. The van der Waals surface area contributed by atoms with Crippen molar-refractivity contribution in [3.05, 3.63) is 39.3 Å². The maximum absolute atomic E-state index is 11.7. The quantitative estimate of drug-likeness (QED) is 0.660. The molecule has 0 bridgehead atoms. The highest BCUT2D eigenvalue weighted by molar-refractivity contribution is 7.16. The van der Waals surface area contributed by atoms with Crippen molar-refractivity contribution < 1.29 is 9.90 Å². The zero-order chi connectivity index (χ0) is 13.7. The molecule has 2 aromatic rings. The first-order valence-corrected chi connectivity index (χ1v) is 5.93.